The van der Waals surface area contributed by atoms with Crippen LogP contribution in [0.2, 0.25) is 0 Å². The van der Waals surface area contributed by atoms with Gasteiger partial charge in [0.1, 0.15) is 0 Å². The molecule has 1 aromatic carbocycles. The Morgan fingerprint density at radius 1 is 1.15 bits per heavy atom. The Morgan fingerprint density at radius 3 is 2.50 bits per heavy atom. The maximum Gasteiger partial charge on any atom is 0.277 e. The molecule has 1 saturated carbocycles. The topological polar surface area (TPSA) is 85.1 Å². The third-order valence-corrected chi connectivity index (χ3v) is 5.52. The van der Waals surface area contributed by atoms with Crippen LogP contribution in [0.1, 0.15) is 68.1 Å². The van der Waals surface area contributed by atoms with Crippen molar-refractivity contribution in [2.24, 2.45) is 0 Å². The average Bonchev–Trinajstić information content (AvgIpc) is 3.11. The van der Waals surface area contributed by atoms with E-state index in [4.69, 9.17) is 4.42 Å². The van der Waals surface area contributed by atoms with Crippen LogP contribution in [0, 0.1) is 0 Å². The first kappa shape index (κ1) is 18.6. The van der Waals surface area contributed by atoms with Crippen LogP contribution in [-0.4, -0.2) is 27.1 Å². The summed E-state index contributed by atoms with van der Waals surface area (Å²) in [6.45, 7) is 3.31. The van der Waals surface area contributed by atoms with Gasteiger partial charge >= 0.3 is 0 Å². The lowest BCUT2D eigenvalue weighted by atomic mass is 9.89. The van der Waals surface area contributed by atoms with E-state index in [0.717, 1.165) is 12.8 Å². The lowest BCUT2D eigenvalue weighted by Gasteiger charge is -2.17. The van der Waals surface area contributed by atoms with Crippen LogP contribution < -0.4 is 5.32 Å². The van der Waals surface area contributed by atoms with Crippen LogP contribution in [0.25, 0.3) is 0 Å². The monoisotopic (exact) mass is 373 g/mol. The summed E-state index contributed by atoms with van der Waals surface area (Å²) in [6.07, 6.45) is 5.88. The zero-order valence-corrected chi connectivity index (χ0v) is 15.8. The first-order valence-electron chi connectivity index (χ1n) is 8.95. The molecule has 1 N–H and O–H groups in total. The fourth-order valence-corrected chi connectivity index (χ4v) is 3.71. The molecule has 1 aromatic heterocycles. The fourth-order valence-electron chi connectivity index (χ4n) is 3.02. The smallest absolute Gasteiger partial charge is 0.277 e. The molecule has 0 saturated heterocycles. The van der Waals surface area contributed by atoms with Gasteiger partial charge in [0.15, 0.2) is 5.78 Å². The largest absolute Gasteiger partial charge is 0.416 e. The highest BCUT2D eigenvalue weighted by molar-refractivity contribution is 8.00. The summed E-state index contributed by atoms with van der Waals surface area (Å²) in [4.78, 5) is 23.6. The van der Waals surface area contributed by atoms with Crippen LogP contribution in [0.4, 0.5) is 5.69 Å². The summed E-state index contributed by atoms with van der Waals surface area (Å²) in [5, 5.41) is 11.1. The normalized spacial score (nSPS) is 16.2. The average molecular weight is 373 g/mol. The third kappa shape index (κ3) is 4.72. The number of hydrogen-bond acceptors (Lipinski definition) is 6. The van der Waals surface area contributed by atoms with Crippen molar-refractivity contribution in [1.82, 2.24) is 10.2 Å². The zero-order valence-electron chi connectivity index (χ0n) is 15.0. The lowest BCUT2D eigenvalue weighted by molar-refractivity contribution is -0.115. The van der Waals surface area contributed by atoms with E-state index >= 15 is 0 Å². The van der Waals surface area contributed by atoms with Crippen molar-refractivity contribution in [3.8, 4) is 0 Å². The van der Waals surface area contributed by atoms with Crippen LogP contribution in [0.5, 0.6) is 0 Å². The Morgan fingerprint density at radius 2 is 1.85 bits per heavy atom. The number of ketones is 1. The van der Waals surface area contributed by atoms with Gasteiger partial charge in [0.25, 0.3) is 5.22 Å². The Hall–Kier alpha value is -2.15. The van der Waals surface area contributed by atoms with E-state index in [1.165, 1.54) is 37.9 Å². The number of thioether (sulfide) groups is 1. The number of carbonyl (C=O) groups is 2. The summed E-state index contributed by atoms with van der Waals surface area (Å²) in [7, 11) is 0. The summed E-state index contributed by atoms with van der Waals surface area (Å²) in [6, 6.07) is 6.84. The zero-order chi connectivity index (χ0) is 18.5. The maximum absolute atomic E-state index is 12.4. The van der Waals surface area contributed by atoms with Gasteiger partial charge in [-0.2, -0.15) is 0 Å². The maximum atomic E-state index is 12.4. The van der Waals surface area contributed by atoms with E-state index in [9.17, 15) is 9.59 Å². The molecule has 1 aliphatic rings. The summed E-state index contributed by atoms with van der Waals surface area (Å²) in [5.74, 6) is 0.897. The van der Waals surface area contributed by atoms with Gasteiger partial charge in [-0.1, -0.05) is 31.0 Å². The predicted molar refractivity (Wildman–Crippen MR) is 101 cm³/mol. The summed E-state index contributed by atoms with van der Waals surface area (Å²) in [5.41, 5.74) is 1.27. The van der Waals surface area contributed by atoms with Gasteiger partial charge in [-0.05, 0) is 51.0 Å². The molecule has 0 aliphatic heterocycles. The van der Waals surface area contributed by atoms with Gasteiger partial charge in [0.05, 0.1) is 5.25 Å². The Bertz CT molecular complexity index is 767. The molecule has 1 fully saturated rings. The first-order valence-corrected chi connectivity index (χ1v) is 9.83. The fraction of sp³-hybridized carbons (Fsp3) is 0.474. The van der Waals surface area contributed by atoms with Crippen molar-refractivity contribution in [1.29, 1.82) is 0 Å². The Balaban J connectivity index is 1.55. The van der Waals surface area contributed by atoms with E-state index in [1.807, 2.05) is 0 Å². The van der Waals surface area contributed by atoms with Crippen molar-refractivity contribution in [3.05, 3.63) is 35.7 Å². The quantitative estimate of drug-likeness (QED) is 0.595. The first-order chi connectivity index (χ1) is 12.5. The highest BCUT2D eigenvalue weighted by Crippen LogP contribution is 2.33. The highest BCUT2D eigenvalue weighted by Gasteiger charge is 2.23. The molecule has 0 spiro atoms. The van der Waals surface area contributed by atoms with E-state index in [2.05, 4.69) is 15.5 Å². The van der Waals surface area contributed by atoms with Gasteiger partial charge in [0, 0.05) is 17.2 Å². The van der Waals surface area contributed by atoms with E-state index < -0.39 is 0 Å². The Labute approximate surface area is 157 Å². The second-order valence-electron chi connectivity index (χ2n) is 6.62. The highest BCUT2D eigenvalue weighted by atomic mass is 32.2. The van der Waals surface area contributed by atoms with Crippen LogP contribution in [0.15, 0.2) is 33.9 Å². The molecular weight excluding hydrogens is 350 g/mol. The number of rotatable bonds is 6. The van der Waals surface area contributed by atoms with Crippen molar-refractivity contribution >= 4 is 29.1 Å². The third-order valence-electron chi connectivity index (χ3n) is 4.58. The van der Waals surface area contributed by atoms with E-state index in [-0.39, 0.29) is 16.9 Å². The molecule has 3 rings (SSSR count). The molecule has 1 aliphatic carbocycles. The molecular formula is C19H23N3O3S. The number of nitrogens with one attached hydrogen (secondary N) is 1. The molecule has 0 bridgehead atoms. The van der Waals surface area contributed by atoms with Gasteiger partial charge in [-0.25, -0.2) is 0 Å². The van der Waals surface area contributed by atoms with Gasteiger partial charge in [0.2, 0.25) is 11.8 Å². The van der Waals surface area contributed by atoms with Crippen LogP contribution in [-0.2, 0) is 4.79 Å². The number of Topliss-reactive ketones (excluding diaryl/α,β-unsaturated/α-hetero) is 1. The SMILES string of the molecule is CC(=O)c1ccc(NC(=O)[C@H](C)Sc2nnc(C3CCCCC3)o2)cc1. The minimum absolute atomic E-state index is 0.00281. The second kappa shape index (κ2) is 8.49. The minimum Gasteiger partial charge on any atom is -0.416 e. The van der Waals surface area contributed by atoms with Crippen molar-refractivity contribution in [2.45, 2.75) is 62.3 Å². The van der Waals surface area contributed by atoms with Gasteiger partial charge < -0.3 is 9.73 Å². The molecule has 7 heteroatoms. The van der Waals surface area contributed by atoms with Crippen molar-refractivity contribution in [2.75, 3.05) is 5.32 Å². The number of anilines is 1. The number of aromatic nitrogens is 2. The van der Waals surface area contributed by atoms with Gasteiger partial charge in [-0.15, -0.1) is 10.2 Å². The number of benzene rings is 1. The number of amides is 1. The molecule has 0 unspecified atom stereocenters. The minimum atomic E-state index is -0.373. The number of hydrogen-bond donors (Lipinski definition) is 1. The predicted octanol–water partition coefficient (Wildman–Crippen LogP) is 4.44. The number of nitrogens with zero attached hydrogens (tertiary/aromatic N) is 2. The van der Waals surface area contributed by atoms with Crippen molar-refractivity contribution < 1.29 is 14.0 Å². The molecule has 1 heterocycles. The molecule has 2 aromatic rings. The van der Waals surface area contributed by atoms with Crippen LogP contribution >= 0.6 is 11.8 Å². The molecule has 26 heavy (non-hydrogen) atoms. The van der Waals surface area contributed by atoms with Crippen molar-refractivity contribution in [3.63, 3.8) is 0 Å². The molecule has 138 valence electrons. The van der Waals surface area contributed by atoms with Gasteiger partial charge in [-0.3, -0.25) is 9.59 Å². The molecule has 6 nitrogen and oxygen atoms in total. The van der Waals surface area contributed by atoms with E-state index in [1.54, 1.807) is 31.2 Å². The number of carbonyl (C=O) groups excluding carboxylic acids is 2. The lowest BCUT2D eigenvalue weighted by Crippen LogP contribution is -2.22. The van der Waals surface area contributed by atoms with Crippen LogP contribution in [0.3, 0.4) is 0 Å². The van der Waals surface area contributed by atoms with E-state index in [0.29, 0.717) is 28.3 Å². The molecule has 0 radical (unpaired) electrons. The summed E-state index contributed by atoms with van der Waals surface area (Å²) >= 11 is 1.26. The molecule has 1 amide bonds. The summed E-state index contributed by atoms with van der Waals surface area (Å²) < 4.78 is 5.76. The standard InChI is InChI=1S/C19H23N3O3S/c1-12(23)14-8-10-16(11-9-14)20-17(24)13(2)26-19-22-21-18(25-19)15-6-4-3-5-7-15/h8-11,13,15H,3-7H2,1-2H3,(H,20,24)/t13-/m0/s1. The Kier molecular flexibility index (Phi) is 6.08. The second-order valence-corrected chi connectivity index (χ2v) is 7.92. The molecule has 1 atom stereocenters.